The van der Waals surface area contributed by atoms with Crippen molar-refractivity contribution in [3.63, 3.8) is 0 Å². The van der Waals surface area contributed by atoms with Crippen LogP contribution in [0.5, 0.6) is 0 Å². The Kier molecular flexibility index (Phi) is 4.32. The normalized spacial score (nSPS) is 19.2. The molecule has 0 N–H and O–H groups in total. The highest BCUT2D eigenvalue weighted by molar-refractivity contribution is 5.76. The number of likely N-dealkylation sites (tertiary alicyclic amines) is 1. The minimum atomic E-state index is 0.267. The molecule has 4 rings (SSSR count). The Hall–Kier alpha value is -2.17. The fourth-order valence-corrected chi connectivity index (χ4v) is 3.69. The van der Waals surface area contributed by atoms with Crippen molar-refractivity contribution in [2.75, 3.05) is 6.54 Å². The van der Waals surface area contributed by atoms with Gasteiger partial charge in [0.15, 0.2) is 0 Å². The van der Waals surface area contributed by atoms with E-state index in [1.165, 1.54) is 12.8 Å². The van der Waals surface area contributed by atoms with Crippen molar-refractivity contribution in [1.29, 1.82) is 0 Å². The maximum absolute atomic E-state index is 11.9. The average molecular weight is 325 g/mol. The maximum atomic E-state index is 11.9. The molecule has 2 aliphatic rings. The molecule has 1 amide bonds. The fraction of sp³-hybridized carbons (Fsp3) is 0.526. The van der Waals surface area contributed by atoms with E-state index >= 15 is 0 Å². The van der Waals surface area contributed by atoms with E-state index in [1.54, 1.807) is 0 Å². The average Bonchev–Trinajstić information content (AvgIpc) is 3.29. The smallest absolute Gasteiger partial charge is 0.247 e. The molecular weight excluding hydrogens is 302 g/mol. The summed E-state index contributed by atoms with van der Waals surface area (Å²) in [5.41, 5.74) is 2.09. The van der Waals surface area contributed by atoms with Gasteiger partial charge in [0.2, 0.25) is 17.7 Å². The van der Waals surface area contributed by atoms with Crippen LogP contribution in [0.4, 0.5) is 0 Å². The van der Waals surface area contributed by atoms with E-state index in [1.807, 2.05) is 17.0 Å². The van der Waals surface area contributed by atoms with Crippen molar-refractivity contribution in [1.82, 2.24) is 15.1 Å². The summed E-state index contributed by atoms with van der Waals surface area (Å²) < 4.78 is 5.87. The molecule has 1 aliphatic heterocycles. The van der Waals surface area contributed by atoms with E-state index in [9.17, 15) is 4.79 Å². The molecule has 2 fully saturated rings. The molecule has 0 unspecified atom stereocenters. The van der Waals surface area contributed by atoms with Crippen LogP contribution in [0.25, 0.3) is 11.5 Å². The van der Waals surface area contributed by atoms with E-state index in [0.717, 1.165) is 49.2 Å². The predicted molar refractivity (Wildman–Crippen MR) is 90.2 cm³/mol. The number of benzene rings is 1. The SMILES string of the molecule is O=C1CCCCN1Cc1ccc(-c2nnc(C3CCCC3)o2)cc1. The number of nitrogens with zero attached hydrogens (tertiary/aromatic N) is 3. The number of carbonyl (C=O) groups is 1. The Balaban J connectivity index is 1.44. The summed E-state index contributed by atoms with van der Waals surface area (Å²) in [4.78, 5) is 13.9. The van der Waals surface area contributed by atoms with Crippen LogP contribution in [0.15, 0.2) is 28.7 Å². The van der Waals surface area contributed by atoms with Crippen molar-refractivity contribution < 1.29 is 9.21 Å². The number of rotatable bonds is 4. The van der Waals surface area contributed by atoms with Gasteiger partial charge in [0.1, 0.15) is 0 Å². The highest BCUT2D eigenvalue weighted by Gasteiger charge is 2.23. The first-order chi connectivity index (χ1) is 11.8. The molecule has 5 nitrogen and oxygen atoms in total. The molecule has 1 aliphatic carbocycles. The third kappa shape index (κ3) is 3.21. The molecule has 0 radical (unpaired) electrons. The zero-order valence-electron chi connectivity index (χ0n) is 13.9. The highest BCUT2D eigenvalue weighted by atomic mass is 16.4. The Morgan fingerprint density at radius 2 is 1.83 bits per heavy atom. The van der Waals surface area contributed by atoms with Gasteiger partial charge >= 0.3 is 0 Å². The van der Waals surface area contributed by atoms with Crippen molar-refractivity contribution in [2.45, 2.75) is 57.4 Å². The molecule has 126 valence electrons. The van der Waals surface area contributed by atoms with E-state index in [4.69, 9.17) is 4.42 Å². The molecule has 1 aromatic carbocycles. The molecule has 0 spiro atoms. The topological polar surface area (TPSA) is 59.2 Å². The molecule has 2 heterocycles. The summed E-state index contributed by atoms with van der Waals surface area (Å²) in [7, 11) is 0. The van der Waals surface area contributed by atoms with E-state index in [-0.39, 0.29) is 5.91 Å². The van der Waals surface area contributed by atoms with Crippen molar-refractivity contribution in [3.05, 3.63) is 35.7 Å². The third-order valence-corrected chi connectivity index (χ3v) is 5.14. The zero-order chi connectivity index (χ0) is 16.4. The summed E-state index contributed by atoms with van der Waals surface area (Å²) >= 11 is 0. The lowest BCUT2D eigenvalue weighted by atomic mass is 10.1. The number of carbonyl (C=O) groups excluding carboxylic acids is 1. The Morgan fingerprint density at radius 1 is 1.04 bits per heavy atom. The number of piperidine rings is 1. The van der Waals surface area contributed by atoms with Crippen LogP contribution in [0, 0.1) is 0 Å². The van der Waals surface area contributed by atoms with Gasteiger partial charge in [-0.1, -0.05) is 25.0 Å². The Morgan fingerprint density at radius 3 is 2.58 bits per heavy atom. The largest absolute Gasteiger partial charge is 0.420 e. The van der Waals surface area contributed by atoms with Crippen LogP contribution in [0.3, 0.4) is 0 Å². The number of hydrogen-bond donors (Lipinski definition) is 0. The van der Waals surface area contributed by atoms with Crippen molar-refractivity contribution >= 4 is 5.91 Å². The standard InChI is InChI=1S/C19H23N3O2/c23-17-7-3-4-12-22(17)13-14-8-10-16(11-9-14)19-21-20-18(24-19)15-5-1-2-6-15/h8-11,15H,1-7,12-13H2. The number of aromatic nitrogens is 2. The van der Waals surface area contributed by atoms with Gasteiger partial charge in [-0.15, -0.1) is 10.2 Å². The van der Waals surface area contributed by atoms with Gasteiger partial charge in [-0.05, 0) is 43.4 Å². The Bertz CT molecular complexity index is 702. The predicted octanol–water partition coefficient (Wildman–Crippen LogP) is 3.91. The summed E-state index contributed by atoms with van der Waals surface area (Å²) in [5, 5.41) is 8.44. The van der Waals surface area contributed by atoms with Crippen LogP contribution in [-0.2, 0) is 11.3 Å². The van der Waals surface area contributed by atoms with Gasteiger partial charge in [-0.25, -0.2) is 0 Å². The zero-order valence-corrected chi connectivity index (χ0v) is 13.9. The van der Waals surface area contributed by atoms with Gasteiger partial charge in [-0.2, -0.15) is 0 Å². The molecule has 5 heteroatoms. The summed E-state index contributed by atoms with van der Waals surface area (Å²) in [6.07, 6.45) is 7.64. The lowest BCUT2D eigenvalue weighted by Gasteiger charge is -2.26. The molecule has 2 aromatic rings. The first kappa shape index (κ1) is 15.4. The van der Waals surface area contributed by atoms with Crippen molar-refractivity contribution in [2.24, 2.45) is 0 Å². The van der Waals surface area contributed by atoms with Gasteiger partial charge in [0.25, 0.3) is 0 Å². The van der Waals surface area contributed by atoms with E-state index < -0.39 is 0 Å². The van der Waals surface area contributed by atoms with Crippen LogP contribution < -0.4 is 0 Å². The molecular formula is C19H23N3O2. The Labute approximate surface area is 142 Å². The fourth-order valence-electron chi connectivity index (χ4n) is 3.69. The summed E-state index contributed by atoms with van der Waals surface area (Å²) in [6, 6.07) is 8.12. The molecule has 24 heavy (non-hydrogen) atoms. The van der Waals surface area contributed by atoms with Crippen LogP contribution >= 0.6 is 0 Å². The van der Waals surface area contributed by atoms with Crippen molar-refractivity contribution in [3.8, 4) is 11.5 Å². The van der Waals surface area contributed by atoms with Gasteiger partial charge in [0, 0.05) is 31.0 Å². The van der Waals surface area contributed by atoms with E-state index in [0.29, 0.717) is 24.8 Å². The monoisotopic (exact) mass is 325 g/mol. The number of amides is 1. The lowest BCUT2D eigenvalue weighted by Crippen LogP contribution is -2.34. The lowest BCUT2D eigenvalue weighted by molar-refractivity contribution is -0.133. The van der Waals surface area contributed by atoms with Gasteiger partial charge in [0.05, 0.1) is 0 Å². The van der Waals surface area contributed by atoms with Crippen LogP contribution in [0.1, 0.15) is 62.3 Å². The van der Waals surface area contributed by atoms with Crippen LogP contribution in [0.2, 0.25) is 0 Å². The minimum Gasteiger partial charge on any atom is -0.420 e. The van der Waals surface area contributed by atoms with Gasteiger partial charge < -0.3 is 9.32 Å². The molecule has 1 saturated heterocycles. The molecule has 0 bridgehead atoms. The summed E-state index contributed by atoms with van der Waals surface area (Å²) in [5.74, 6) is 2.09. The second-order valence-corrected chi connectivity index (χ2v) is 6.90. The number of hydrogen-bond acceptors (Lipinski definition) is 4. The minimum absolute atomic E-state index is 0.267. The molecule has 1 saturated carbocycles. The summed E-state index contributed by atoms with van der Waals surface area (Å²) in [6.45, 7) is 1.56. The first-order valence-corrected chi connectivity index (χ1v) is 9.00. The maximum Gasteiger partial charge on any atom is 0.247 e. The second-order valence-electron chi connectivity index (χ2n) is 6.90. The quantitative estimate of drug-likeness (QED) is 0.855. The molecule has 1 aromatic heterocycles. The van der Waals surface area contributed by atoms with E-state index in [2.05, 4.69) is 22.3 Å². The van der Waals surface area contributed by atoms with Gasteiger partial charge in [-0.3, -0.25) is 4.79 Å². The first-order valence-electron chi connectivity index (χ1n) is 9.00. The highest BCUT2D eigenvalue weighted by Crippen LogP contribution is 2.34. The third-order valence-electron chi connectivity index (χ3n) is 5.14. The second kappa shape index (κ2) is 6.75. The van der Waals surface area contributed by atoms with Crippen LogP contribution in [-0.4, -0.2) is 27.5 Å². The molecule has 0 atom stereocenters.